The fourth-order valence-corrected chi connectivity index (χ4v) is 1.52. The molecule has 0 N–H and O–H groups in total. The molecule has 3 rings (SSSR count). The lowest BCUT2D eigenvalue weighted by atomic mass is 10.1. The molecule has 2 heteroatoms. The molecule has 2 aromatic carbocycles. The average molecular weight is 225 g/mol. The Morgan fingerprint density at radius 1 is 0.765 bits per heavy atom. The molecule has 2 aromatic rings. The van der Waals surface area contributed by atoms with Gasteiger partial charge < -0.3 is 4.74 Å². The van der Waals surface area contributed by atoms with Crippen LogP contribution in [0.1, 0.15) is 0 Å². The highest BCUT2D eigenvalue weighted by Gasteiger charge is 1.91. The van der Waals surface area contributed by atoms with Gasteiger partial charge in [-0.05, 0) is 11.1 Å². The second-order valence-electron chi connectivity index (χ2n) is 3.61. The Morgan fingerprint density at radius 2 is 1.29 bits per heavy atom. The minimum absolute atomic E-state index is 0.778. The van der Waals surface area contributed by atoms with E-state index in [1.165, 1.54) is 17.5 Å². The van der Waals surface area contributed by atoms with E-state index < -0.39 is 0 Å². The van der Waals surface area contributed by atoms with Gasteiger partial charge in [-0.25, -0.2) is 0 Å². The molecule has 0 aromatic heterocycles. The maximum atomic E-state index is 4.65. The summed E-state index contributed by atoms with van der Waals surface area (Å²) in [5, 5.41) is 0. The van der Waals surface area contributed by atoms with Crippen molar-refractivity contribution in [3.8, 4) is 11.1 Å². The number of hydrogen-bond donors (Lipinski definition) is 0. The largest absolute Gasteiger partial charge is 0.482 e. The first kappa shape index (κ1) is 11.4. The Morgan fingerprint density at radius 3 is 1.59 bits per heavy atom. The van der Waals surface area contributed by atoms with E-state index in [0.29, 0.717) is 0 Å². The zero-order chi connectivity index (χ0) is 11.8. The van der Waals surface area contributed by atoms with E-state index in [9.17, 15) is 0 Å². The van der Waals surface area contributed by atoms with E-state index in [-0.39, 0.29) is 0 Å². The molecule has 0 bridgehead atoms. The summed E-state index contributed by atoms with van der Waals surface area (Å²) in [4.78, 5) is 3.74. The summed E-state index contributed by atoms with van der Waals surface area (Å²) in [6.45, 7) is 1.62. The number of rotatable bonds is 1. The van der Waals surface area contributed by atoms with Gasteiger partial charge in [0.05, 0.1) is 6.54 Å². The van der Waals surface area contributed by atoms with Crippen LogP contribution in [0.2, 0.25) is 0 Å². The standard InChI is InChI=1S/C12H10.C3H5NO/c1-3-7-11(8-4-1)12-9-5-2-6-10-12;1-2-5-3-4-1/h1-10H;3H,1-2H2. The predicted octanol–water partition coefficient (Wildman–Crippen LogP) is 3.40. The van der Waals surface area contributed by atoms with Crippen molar-refractivity contribution in [2.75, 3.05) is 13.2 Å². The van der Waals surface area contributed by atoms with Gasteiger partial charge in [-0.1, -0.05) is 60.7 Å². The molecule has 0 atom stereocenters. The van der Waals surface area contributed by atoms with Crippen LogP contribution in [0.3, 0.4) is 0 Å². The van der Waals surface area contributed by atoms with Gasteiger partial charge in [0.2, 0.25) is 0 Å². The summed E-state index contributed by atoms with van der Waals surface area (Å²) in [5.74, 6) is 0. The third-order valence-electron chi connectivity index (χ3n) is 2.37. The lowest BCUT2D eigenvalue weighted by molar-refractivity contribution is 0.361. The quantitative estimate of drug-likeness (QED) is 0.729. The van der Waals surface area contributed by atoms with Crippen LogP contribution < -0.4 is 0 Å². The van der Waals surface area contributed by atoms with Gasteiger partial charge in [0, 0.05) is 0 Å². The van der Waals surface area contributed by atoms with Crippen molar-refractivity contribution in [3.05, 3.63) is 60.7 Å². The molecule has 86 valence electrons. The van der Waals surface area contributed by atoms with Gasteiger partial charge in [0.25, 0.3) is 0 Å². The molecule has 0 saturated heterocycles. The molecule has 1 aliphatic heterocycles. The summed E-state index contributed by atoms with van der Waals surface area (Å²) in [7, 11) is 0. The van der Waals surface area contributed by atoms with Crippen molar-refractivity contribution in [2.24, 2.45) is 4.99 Å². The van der Waals surface area contributed by atoms with Crippen LogP contribution in [0.5, 0.6) is 0 Å². The minimum Gasteiger partial charge on any atom is -0.482 e. The maximum absolute atomic E-state index is 4.65. The number of ether oxygens (including phenoxy) is 1. The zero-order valence-electron chi connectivity index (χ0n) is 9.62. The lowest BCUT2D eigenvalue weighted by Gasteiger charge is -1.98. The Hall–Kier alpha value is -2.09. The smallest absolute Gasteiger partial charge is 0.169 e. The SMILES string of the molecule is C1=NCCO1.c1ccc(-c2ccccc2)cc1. The zero-order valence-corrected chi connectivity index (χ0v) is 9.62. The van der Waals surface area contributed by atoms with Crippen LogP contribution in [0.25, 0.3) is 11.1 Å². The molecule has 0 amide bonds. The molecule has 2 nitrogen and oxygen atoms in total. The Kier molecular flexibility index (Phi) is 4.35. The highest BCUT2D eigenvalue weighted by atomic mass is 16.5. The highest BCUT2D eigenvalue weighted by molar-refractivity contribution is 5.62. The van der Waals surface area contributed by atoms with Crippen LogP contribution in [0.15, 0.2) is 65.7 Å². The molecule has 1 aliphatic rings. The molecule has 0 saturated carbocycles. The average Bonchev–Trinajstić information content (AvgIpc) is 3.00. The Bertz CT molecular complexity index is 407. The van der Waals surface area contributed by atoms with Crippen LogP contribution in [-0.4, -0.2) is 19.6 Å². The summed E-state index contributed by atoms with van der Waals surface area (Å²) in [6, 6.07) is 20.8. The predicted molar refractivity (Wildman–Crippen MR) is 71.2 cm³/mol. The molecular formula is C15H15NO. The van der Waals surface area contributed by atoms with E-state index in [1.54, 1.807) is 0 Å². The number of benzene rings is 2. The topological polar surface area (TPSA) is 21.6 Å². The van der Waals surface area contributed by atoms with E-state index in [2.05, 4.69) is 58.3 Å². The number of aliphatic imine (C=N–C) groups is 1. The first-order chi connectivity index (χ1) is 8.47. The van der Waals surface area contributed by atoms with Crippen molar-refractivity contribution in [1.29, 1.82) is 0 Å². The minimum atomic E-state index is 0.778. The van der Waals surface area contributed by atoms with Gasteiger partial charge >= 0.3 is 0 Å². The van der Waals surface area contributed by atoms with Gasteiger partial charge in [-0.2, -0.15) is 0 Å². The molecule has 0 fully saturated rings. The molecule has 1 heterocycles. The van der Waals surface area contributed by atoms with Crippen LogP contribution in [-0.2, 0) is 4.74 Å². The molecule has 0 radical (unpaired) electrons. The molecule has 0 aliphatic carbocycles. The molecule has 17 heavy (non-hydrogen) atoms. The van der Waals surface area contributed by atoms with Crippen LogP contribution in [0.4, 0.5) is 0 Å². The van der Waals surface area contributed by atoms with Crippen molar-refractivity contribution in [1.82, 2.24) is 0 Å². The van der Waals surface area contributed by atoms with Gasteiger partial charge in [-0.3, -0.25) is 4.99 Å². The molecule has 0 unspecified atom stereocenters. The second kappa shape index (κ2) is 6.48. The van der Waals surface area contributed by atoms with E-state index in [0.717, 1.165) is 13.2 Å². The molecular weight excluding hydrogens is 210 g/mol. The maximum Gasteiger partial charge on any atom is 0.169 e. The van der Waals surface area contributed by atoms with E-state index >= 15 is 0 Å². The Labute approximate surface area is 102 Å². The third-order valence-corrected chi connectivity index (χ3v) is 2.37. The first-order valence-corrected chi connectivity index (χ1v) is 5.67. The van der Waals surface area contributed by atoms with Gasteiger partial charge in [0.1, 0.15) is 6.61 Å². The van der Waals surface area contributed by atoms with Gasteiger partial charge in [0.15, 0.2) is 6.40 Å². The van der Waals surface area contributed by atoms with Gasteiger partial charge in [-0.15, -0.1) is 0 Å². The van der Waals surface area contributed by atoms with Crippen LogP contribution in [0, 0.1) is 0 Å². The highest BCUT2D eigenvalue weighted by Crippen LogP contribution is 2.17. The Balaban J connectivity index is 0.000000181. The van der Waals surface area contributed by atoms with Crippen molar-refractivity contribution < 1.29 is 4.74 Å². The fourth-order valence-electron chi connectivity index (χ4n) is 1.52. The fraction of sp³-hybridized carbons (Fsp3) is 0.133. The second-order valence-corrected chi connectivity index (χ2v) is 3.61. The first-order valence-electron chi connectivity index (χ1n) is 5.67. The monoisotopic (exact) mass is 225 g/mol. The third kappa shape index (κ3) is 3.76. The van der Waals surface area contributed by atoms with E-state index in [1.807, 2.05) is 12.1 Å². The van der Waals surface area contributed by atoms with Crippen LogP contribution >= 0.6 is 0 Å². The molecule has 0 spiro atoms. The summed E-state index contributed by atoms with van der Waals surface area (Å²) in [6.07, 6.45) is 1.49. The number of hydrogen-bond acceptors (Lipinski definition) is 2. The summed E-state index contributed by atoms with van der Waals surface area (Å²) >= 11 is 0. The normalized spacial score (nSPS) is 12.5. The summed E-state index contributed by atoms with van der Waals surface area (Å²) < 4.78 is 4.65. The van der Waals surface area contributed by atoms with E-state index in [4.69, 9.17) is 0 Å². The van der Waals surface area contributed by atoms with Crippen molar-refractivity contribution >= 4 is 6.40 Å². The number of nitrogens with zero attached hydrogens (tertiary/aromatic N) is 1. The lowest BCUT2D eigenvalue weighted by Crippen LogP contribution is -1.80. The van der Waals surface area contributed by atoms with Crippen molar-refractivity contribution in [3.63, 3.8) is 0 Å². The van der Waals surface area contributed by atoms with Crippen molar-refractivity contribution in [2.45, 2.75) is 0 Å². The summed E-state index contributed by atoms with van der Waals surface area (Å²) in [5.41, 5.74) is 2.55.